The lowest BCUT2D eigenvalue weighted by molar-refractivity contribution is -0.116. The van der Waals surface area contributed by atoms with E-state index in [2.05, 4.69) is 12.1 Å². The maximum absolute atomic E-state index is 11.2. The number of carbonyl (C=O) groups excluding carboxylic acids is 1. The Labute approximate surface area is 118 Å². The summed E-state index contributed by atoms with van der Waals surface area (Å²) in [4.78, 5) is 13.1. The van der Waals surface area contributed by atoms with Crippen molar-refractivity contribution in [1.29, 1.82) is 0 Å². The largest absolute Gasteiger partial charge is 0.508 e. The van der Waals surface area contributed by atoms with Crippen LogP contribution in [0.15, 0.2) is 54.6 Å². The highest BCUT2D eigenvalue weighted by molar-refractivity contribution is 5.79. The number of amides is 1. The Morgan fingerprint density at radius 2 is 1.70 bits per heavy atom. The first-order chi connectivity index (χ1) is 9.65. The predicted molar refractivity (Wildman–Crippen MR) is 79.7 cm³/mol. The van der Waals surface area contributed by atoms with Gasteiger partial charge in [-0.3, -0.25) is 4.79 Å². The van der Waals surface area contributed by atoms with Crippen LogP contribution >= 0.6 is 0 Å². The topological polar surface area (TPSA) is 66.6 Å². The zero-order chi connectivity index (χ0) is 14.4. The Hall–Kier alpha value is -2.49. The quantitative estimate of drug-likeness (QED) is 0.843. The Morgan fingerprint density at radius 1 is 1.05 bits per heavy atom. The number of hydrogen-bond donors (Lipinski definition) is 2. The van der Waals surface area contributed by atoms with E-state index in [4.69, 9.17) is 5.73 Å². The molecule has 0 fully saturated rings. The lowest BCUT2D eigenvalue weighted by Gasteiger charge is -2.23. The molecule has 0 unspecified atom stereocenters. The standard InChI is InChI=1S/C16H18N2O2/c17-16(20)12-18(14-6-8-15(19)9-7-14)11-10-13-4-2-1-3-5-13/h1-9,19H,10-12H2,(H2,17,20). The zero-order valence-electron chi connectivity index (χ0n) is 11.2. The highest BCUT2D eigenvalue weighted by Crippen LogP contribution is 2.18. The van der Waals surface area contributed by atoms with Gasteiger partial charge in [0.05, 0.1) is 6.54 Å². The highest BCUT2D eigenvalue weighted by Gasteiger charge is 2.09. The van der Waals surface area contributed by atoms with Crippen LogP contribution in [0.3, 0.4) is 0 Å². The summed E-state index contributed by atoms with van der Waals surface area (Å²) in [6, 6.07) is 16.8. The van der Waals surface area contributed by atoms with Crippen LogP contribution in [-0.2, 0) is 11.2 Å². The first-order valence-electron chi connectivity index (χ1n) is 6.51. The molecule has 4 heteroatoms. The fraction of sp³-hybridized carbons (Fsp3) is 0.188. The van der Waals surface area contributed by atoms with Gasteiger partial charge in [0.2, 0.25) is 5.91 Å². The van der Waals surface area contributed by atoms with Crippen LogP contribution in [0.25, 0.3) is 0 Å². The third kappa shape index (κ3) is 4.02. The summed E-state index contributed by atoms with van der Waals surface area (Å²) in [6.45, 7) is 0.856. The number of aromatic hydroxyl groups is 1. The van der Waals surface area contributed by atoms with Crippen LogP contribution in [0, 0.1) is 0 Å². The number of carbonyl (C=O) groups is 1. The van der Waals surface area contributed by atoms with E-state index in [0.29, 0.717) is 6.54 Å². The van der Waals surface area contributed by atoms with Gasteiger partial charge in [0.1, 0.15) is 5.75 Å². The molecule has 0 saturated carbocycles. The maximum atomic E-state index is 11.2. The Morgan fingerprint density at radius 3 is 2.30 bits per heavy atom. The fourth-order valence-electron chi connectivity index (χ4n) is 2.06. The molecule has 0 bridgehead atoms. The van der Waals surface area contributed by atoms with Crippen LogP contribution in [-0.4, -0.2) is 24.1 Å². The minimum absolute atomic E-state index is 0.164. The second-order valence-corrected chi connectivity index (χ2v) is 4.64. The third-order valence-electron chi connectivity index (χ3n) is 3.07. The molecule has 2 rings (SSSR count). The van der Waals surface area contributed by atoms with E-state index in [1.807, 2.05) is 23.1 Å². The normalized spacial score (nSPS) is 10.2. The second kappa shape index (κ2) is 6.61. The van der Waals surface area contributed by atoms with E-state index in [1.54, 1.807) is 24.3 Å². The third-order valence-corrected chi connectivity index (χ3v) is 3.07. The molecule has 0 atom stereocenters. The number of primary amides is 1. The number of phenolic OH excluding ortho intramolecular Hbond substituents is 1. The van der Waals surface area contributed by atoms with Crippen LogP contribution in [0.2, 0.25) is 0 Å². The van der Waals surface area contributed by atoms with Gasteiger partial charge in [0.25, 0.3) is 0 Å². The summed E-state index contributed by atoms with van der Waals surface area (Å²) < 4.78 is 0. The van der Waals surface area contributed by atoms with Crippen molar-refractivity contribution in [3.63, 3.8) is 0 Å². The molecule has 3 N–H and O–H groups in total. The van der Waals surface area contributed by atoms with Crippen LogP contribution in [0.1, 0.15) is 5.56 Å². The highest BCUT2D eigenvalue weighted by atomic mass is 16.3. The molecule has 0 aromatic heterocycles. The molecule has 4 nitrogen and oxygen atoms in total. The van der Waals surface area contributed by atoms with E-state index in [0.717, 1.165) is 12.1 Å². The molecule has 1 amide bonds. The molecule has 0 aliphatic rings. The summed E-state index contributed by atoms with van der Waals surface area (Å²) in [7, 11) is 0. The van der Waals surface area contributed by atoms with E-state index in [1.165, 1.54) is 5.56 Å². The van der Waals surface area contributed by atoms with E-state index >= 15 is 0 Å². The molecule has 2 aromatic carbocycles. The Balaban J connectivity index is 2.07. The second-order valence-electron chi connectivity index (χ2n) is 4.64. The van der Waals surface area contributed by atoms with Crippen molar-refractivity contribution < 1.29 is 9.90 Å². The van der Waals surface area contributed by atoms with Crippen molar-refractivity contribution in [3.05, 3.63) is 60.2 Å². The number of phenols is 1. The Bertz CT molecular complexity index is 552. The summed E-state index contributed by atoms with van der Waals surface area (Å²) >= 11 is 0. The molecule has 20 heavy (non-hydrogen) atoms. The Kier molecular flexibility index (Phi) is 4.60. The summed E-state index contributed by atoms with van der Waals surface area (Å²) in [6.07, 6.45) is 0.828. The van der Waals surface area contributed by atoms with Crippen molar-refractivity contribution >= 4 is 11.6 Å². The average molecular weight is 270 g/mol. The SMILES string of the molecule is NC(=O)CN(CCc1ccccc1)c1ccc(O)cc1. The van der Waals surface area contributed by atoms with Gasteiger partial charge in [-0.25, -0.2) is 0 Å². The van der Waals surface area contributed by atoms with Gasteiger partial charge < -0.3 is 15.7 Å². The molecular weight excluding hydrogens is 252 g/mol. The van der Waals surface area contributed by atoms with Crippen molar-refractivity contribution in [2.75, 3.05) is 18.0 Å². The molecule has 0 aliphatic carbocycles. The number of hydrogen-bond acceptors (Lipinski definition) is 3. The van der Waals surface area contributed by atoms with Gasteiger partial charge in [-0.2, -0.15) is 0 Å². The average Bonchev–Trinajstić information content (AvgIpc) is 2.45. The van der Waals surface area contributed by atoms with E-state index < -0.39 is 0 Å². The maximum Gasteiger partial charge on any atom is 0.236 e. The lowest BCUT2D eigenvalue weighted by atomic mass is 10.1. The van der Waals surface area contributed by atoms with Crippen molar-refractivity contribution in [1.82, 2.24) is 0 Å². The summed E-state index contributed by atoms with van der Waals surface area (Å²) in [5, 5.41) is 9.32. The minimum atomic E-state index is -0.369. The molecule has 0 spiro atoms. The van der Waals surface area contributed by atoms with E-state index in [9.17, 15) is 9.90 Å². The predicted octanol–water partition coefficient (Wildman–Crippen LogP) is 1.93. The first-order valence-corrected chi connectivity index (χ1v) is 6.51. The number of nitrogens with two attached hydrogens (primary N) is 1. The van der Waals surface area contributed by atoms with Gasteiger partial charge in [-0.15, -0.1) is 0 Å². The van der Waals surface area contributed by atoms with Gasteiger partial charge >= 0.3 is 0 Å². The molecule has 2 aromatic rings. The van der Waals surface area contributed by atoms with Crippen LogP contribution < -0.4 is 10.6 Å². The van der Waals surface area contributed by atoms with Crippen LogP contribution in [0.5, 0.6) is 5.75 Å². The van der Waals surface area contributed by atoms with Crippen molar-refractivity contribution in [2.45, 2.75) is 6.42 Å². The van der Waals surface area contributed by atoms with Crippen LogP contribution in [0.4, 0.5) is 5.69 Å². The van der Waals surface area contributed by atoms with Crippen molar-refractivity contribution in [3.8, 4) is 5.75 Å². The van der Waals surface area contributed by atoms with Gasteiger partial charge in [0.15, 0.2) is 0 Å². The van der Waals surface area contributed by atoms with Crippen molar-refractivity contribution in [2.24, 2.45) is 5.73 Å². The monoisotopic (exact) mass is 270 g/mol. The first kappa shape index (κ1) is 13.9. The van der Waals surface area contributed by atoms with Gasteiger partial charge in [0, 0.05) is 12.2 Å². The molecule has 0 heterocycles. The molecular formula is C16H18N2O2. The minimum Gasteiger partial charge on any atom is -0.508 e. The smallest absolute Gasteiger partial charge is 0.236 e. The molecule has 104 valence electrons. The molecule has 0 aliphatic heterocycles. The fourth-order valence-corrected chi connectivity index (χ4v) is 2.06. The molecule has 0 radical (unpaired) electrons. The summed E-state index contributed by atoms with van der Waals surface area (Å²) in [5.74, 6) is -0.165. The number of rotatable bonds is 6. The number of benzene rings is 2. The number of anilines is 1. The summed E-state index contributed by atoms with van der Waals surface area (Å²) in [5.41, 5.74) is 7.38. The van der Waals surface area contributed by atoms with Gasteiger partial charge in [-0.05, 0) is 36.2 Å². The number of nitrogens with zero attached hydrogens (tertiary/aromatic N) is 1. The lowest BCUT2D eigenvalue weighted by Crippen LogP contribution is -2.35. The molecule has 0 saturated heterocycles. The van der Waals surface area contributed by atoms with Gasteiger partial charge in [-0.1, -0.05) is 30.3 Å². The van der Waals surface area contributed by atoms with E-state index in [-0.39, 0.29) is 18.2 Å². The zero-order valence-corrected chi connectivity index (χ0v) is 11.2.